The minimum absolute atomic E-state index is 0.291. The molecule has 1 amide bonds. The molecule has 0 aliphatic rings. The summed E-state index contributed by atoms with van der Waals surface area (Å²) in [7, 11) is 0. The molecule has 0 fully saturated rings. The van der Waals surface area contributed by atoms with Crippen LogP contribution in [0, 0.1) is 6.92 Å². The number of imidazole rings is 1. The fourth-order valence-electron chi connectivity index (χ4n) is 2.89. The van der Waals surface area contributed by atoms with Crippen molar-refractivity contribution in [1.29, 1.82) is 0 Å². The van der Waals surface area contributed by atoms with Crippen molar-refractivity contribution in [2.45, 2.75) is 6.92 Å². The zero-order chi connectivity index (χ0) is 19.5. The highest BCUT2D eigenvalue weighted by Crippen LogP contribution is 2.27. The first-order chi connectivity index (χ1) is 13.6. The van der Waals surface area contributed by atoms with E-state index in [0.29, 0.717) is 16.4 Å². The highest BCUT2D eigenvalue weighted by Gasteiger charge is 2.11. The van der Waals surface area contributed by atoms with Crippen molar-refractivity contribution >= 4 is 34.8 Å². The van der Waals surface area contributed by atoms with Crippen molar-refractivity contribution in [2.24, 2.45) is 5.10 Å². The maximum Gasteiger partial charge on any atom is 0.271 e. The van der Waals surface area contributed by atoms with Gasteiger partial charge in [-0.25, -0.2) is 10.4 Å². The van der Waals surface area contributed by atoms with Gasteiger partial charge in [0.2, 0.25) is 0 Å². The Labute approximate surface area is 167 Å². The number of hydrogen-bond acceptors (Lipinski definition) is 3. The number of aromatic amines is 1. The van der Waals surface area contributed by atoms with Gasteiger partial charge in [0.15, 0.2) is 0 Å². The maximum absolute atomic E-state index is 12.4. The van der Waals surface area contributed by atoms with Gasteiger partial charge >= 0.3 is 0 Å². The van der Waals surface area contributed by atoms with Crippen LogP contribution < -0.4 is 5.43 Å². The normalized spacial score (nSPS) is 11.2. The van der Waals surface area contributed by atoms with Crippen LogP contribution in [0.15, 0.2) is 71.8 Å². The van der Waals surface area contributed by atoms with E-state index in [1.54, 1.807) is 24.4 Å². The zero-order valence-corrected chi connectivity index (χ0v) is 15.9. The number of aryl methyl sites for hydroxylation is 1. The van der Waals surface area contributed by atoms with Crippen molar-refractivity contribution in [3.8, 4) is 11.4 Å². The van der Waals surface area contributed by atoms with Crippen LogP contribution in [0.3, 0.4) is 0 Å². The summed E-state index contributed by atoms with van der Waals surface area (Å²) < 4.78 is 0. The summed E-state index contributed by atoms with van der Waals surface area (Å²) in [5, 5.41) is 4.67. The summed E-state index contributed by atoms with van der Waals surface area (Å²) in [4.78, 5) is 20.2. The second-order valence-corrected chi connectivity index (χ2v) is 6.76. The molecule has 1 heterocycles. The number of H-pyrrole nitrogens is 1. The van der Waals surface area contributed by atoms with Gasteiger partial charge in [-0.05, 0) is 48.4 Å². The van der Waals surface area contributed by atoms with Gasteiger partial charge in [-0.1, -0.05) is 48.0 Å². The zero-order valence-electron chi connectivity index (χ0n) is 15.1. The number of benzene rings is 3. The number of nitrogens with one attached hydrogen (secondary N) is 2. The summed E-state index contributed by atoms with van der Waals surface area (Å²) >= 11 is 6.25. The fraction of sp³-hybridized carbons (Fsp3) is 0.0455. The molecule has 4 aromatic rings. The third-order valence-electron chi connectivity index (χ3n) is 4.43. The number of hydrazone groups is 1. The van der Waals surface area contributed by atoms with Gasteiger partial charge in [0.25, 0.3) is 5.91 Å². The third kappa shape index (κ3) is 3.66. The Hall–Kier alpha value is -3.44. The van der Waals surface area contributed by atoms with E-state index in [-0.39, 0.29) is 5.91 Å². The van der Waals surface area contributed by atoms with Crippen molar-refractivity contribution in [2.75, 3.05) is 0 Å². The van der Waals surface area contributed by atoms with Crippen LogP contribution in [0.1, 0.15) is 21.5 Å². The summed E-state index contributed by atoms with van der Waals surface area (Å²) in [6.07, 6.45) is 1.64. The Morgan fingerprint density at radius 1 is 1.11 bits per heavy atom. The molecule has 4 rings (SSSR count). The number of fused-ring (bicyclic) bond motifs is 1. The van der Waals surface area contributed by atoms with E-state index in [2.05, 4.69) is 20.5 Å². The van der Waals surface area contributed by atoms with E-state index in [9.17, 15) is 4.79 Å². The fourth-order valence-corrected chi connectivity index (χ4v) is 3.11. The molecule has 5 nitrogen and oxygen atoms in total. The molecular formula is C22H17ClN4O. The lowest BCUT2D eigenvalue weighted by atomic mass is 10.1. The molecule has 0 aliphatic carbocycles. The first kappa shape index (κ1) is 17.9. The molecule has 0 saturated carbocycles. The predicted molar refractivity (Wildman–Crippen MR) is 113 cm³/mol. The van der Waals surface area contributed by atoms with Gasteiger partial charge < -0.3 is 4.98 Å². The largest absolute Gasteiger partial charge is 0.338 e. The monoisotopic (exact) mass is 388 g/mol. The first-order valence-electron chi connectivity index (χ1n) is 8.75. The molecule has 0 radical (unpaired) electrons. The van der Waals surface area contributed by atoms with Crippen LogP contribution in [0.25, 0.3) is 22.4 Å². The standard InChI is InChI=1S/C22H17ClN4O/c1-14-6-2-3-7-16(14)13-24-27-22(28)15-10-11-19-20(12-15)26-21(25-19)17-8-4-5-9-18(17)23/h2-13H,1H3,(H,25,26)(H,27,28)/b24-13+. The number of amides is 1. The highest BCUT2D eigenvalue weighted by molar-refractivity contribution is 6.33. The van der Waals surface area contributed by atoms with Crippen LogP contribution in [0.4, 0.5) is 0 Å². The second-order valence-electron chi connectivity index (χ2n) is 6.35. The second kappa shape index (κ2) is 7.66. The number of carbonyl (C=O) groups is 1. The summed E-state index contributed by atoms with van der Waals surface area (Å²) in [5.74, 6) is 0.372. The van der Waals surface area contributed by atoms with Crippen LogP contribution in [-0.4, -0.2) is 22.1 Å². The number of rotatable bonds is 4. The lowest BCUT2D eigenvalue weighted by Gasteiger charge is -2.01. The van der Waals surface area contributed by atoms with Crippen molar-refractivity contribution in [3.05, 3.63) is 88.4 Å². The molecule has 28 heavy (non-hydrogen) atoms. The van der Waals surface area contributed by atoms with Gasteiger partial charge in [0, 0.05) is 11.1 Å². The number of halogens is 1. The number of aromatic nitrogens is 2. The Morgan fingerprint density at radius 2 is 1.89 bits per heavy atom. The summed E-state index contributed by atoms with van der Waals surface area (Å²) in [5.41, 5.74) is 7.42. The van der Waals surface area contributed by atoms with Crippen LogP contribution in [0.5, 0.6) is 0 Å². The lowest BCUT2D eigenvalue weighted by Crippen LogP contribution is -2.17. The average molecular weight is 389 g/mol. The minimum atomic E-state index is -0.291. The van der Waals surface area contributed by atoms with E-state index in [1.165, 1.54) is 0 Å². The molecule has 0 bridgehead atoms. The number of nitrogens with zero attached hydrogens (tertiary/aromatic N) is 2. The van der Waals surface area contributed by atoms with E-state index < -0.39 is 0 Å². The molecule has 0 atom stereocenters. The average Bonchev–Trinajstić information content (AvgIpc) is 3.12. The minimum Gasteiger partial charge on any atom is -0.338 e. The predicted octanol–water partition coefficient (Wildman–Crippen LogP) is 4.96. The Morgan fingerprint density at radius 3 is 2.71 bits per heavy atom. The van der Waals surface area contributed by atoms with Crippen LogP contribution in [0.2, 0.25) is 5.02 Å². The number of carbonyl (C=O) groups excluding carboxylic acids is 1. The molecule has 3 aromatic carbocycles. The first-order valence-corrected chi connectivity index (χ1v) is 9.13. The van der Waals surface area contributed by atoms with Gasteiger partial charge in [-0.15, -0.1) is 0 Å². The third-order valence-corrected chi connectivity index (χ3v) is 4.76. The Balaban J connectivity index is 1.55. The smallest absolute Gasteiger partial charge is 0.271 e. The molecule has 2 N–H and O–H groups in total. The molecule has 0 spiro atoms. The van der Waals surface area contributed by atoms with Gasteiger partial charge in [0.1, 0.15) is 5.82 Å². The summed E-state index contributed by atoms with van der Waals surface area (Å²) in [6, 6.07) is 20.6. The van der Waals surface area contributed by atoms with Crippen molar-refractivity contribution < 1.29 is 4.79 Å². The molecular weight excluding hydrogens is 372 g/mol. The molecule has 0 aliphatic heterocycles. The molecule has 6 heteroatoms. The SMILES string of the molecule is Cc1ccccc1/C=N/NC(=O)c1ccc2nc(-c3ccccc3Cl)[nH]c2c1. The van der Waals surface area contributed by atoms with Crippen molar-refractivity contribution in [3.63, 3.8) is 0 Å². The van der Waals surface area contributed by atoms with E-state index >= 15 is 0 Å². The van der Waals surface area contributed by atoms with Gasteiger partial charge in [0.05, 0.1) is 22.3 Å². The van der Waals surface area contributed by atoms with Gasteiger partial charge in [-0.3, -0.25) is 4.79 Å². The molecule has 0 saturated heterocycles. The quantitative estimate of drug-likeness (QED) is 0.383. The Bertz CT molecular complexity index is 1200. The van der Waals surface area contributed by atoms with Crippen LogP contribution >= 0.6 is 11.6 Å². The van der Waals surface area contributed by atoms with E-state index in [0.717, 1.165) is 27.7 Å². The summed E-state index contributed by atoms with van der Waals surface area (Å²) in [6.45, 7) is 1.99. The Kier molecular flexibility index (Phi) is 4.91. The molecule has 138 valence electrons. The molecule has 1 aromatic heterocycles. The van der Waals surface area contributed by atoms with E-state index in [1.807, 2.05) is 55.5 Å². The maximum atomic E-state index is 12.4. The highest BCUT2D eigenvalue weighted by atomic mass is 35.5. The number of hydrogen-bond donors (Lipinski definition) is 2. The lowest BCUT2D eigenvalue weighted by molar-refractivity contribution is 0.0955. The van der Waals surface area contributed by atoms with Crippen LogP contribution in [-0.2, 0) is 0 Å². The van der Waals surface area contributed by atoms with Crippen molar-refractivity contribution in [1.82, 2.24) is 15.4 Å². The van der Waals surface area contributed by atoms with Gasteiger partial charge in [-0.2, -0.15) is 5.10 Å². The van der Waals surface area contributed by atoms with E-state index in [4.69, 9.17) is 11.6 Å². The topological polar surface area (TPSA) is 70.1 Å². The molecule has 0 unspecified atom stereocenters.